The van der Waals surface area contributed by atoms with E-state index in [4.69, 9.17) is 21.1 Å². The van der Waals surface area contributed by atoms with Crippen LogP contribution in [0.1, 0.15) is 32.6 Å². The minimum atomic E-state index is -0.220. The van der Waals surface area contributed by atoms with Crippen LogP contribution in [0.3, 0.4) is 0 Å². The second-order valence-corrected chi connectivity index (χ2v) is 6.19. The number of piperidine rings is 1. The van der Waals surface area contributed by atoms with Gasteiger partial charge in [0.1, 0.15) is 23.2 Å². The zero-order valence-corrected chi connectivity index (χ0v) is 12.7. The summed E-state index contributed by atoms with van der Waals surface area (Å²) in [6, 6.07) is 1.59. The van der Waals surface area contributed by atoms with Gasteiger partial charge in [-0.25, -0.2) is 14.8 Å². The molecule has 6 nitrogen and oxygen atoms in total. The zero-order chi connectivity index (χ0) is 14.9. The highest BCUT2D eigenvalue weighted by atomic mass is 35.5. The molecule has 0 aromatic carbocycles. The third-order valence-corrected chi connectivity index (χ3v) is 4.09. The van der Waals surface area contributed by atoms with Gasteiger partial charge in [0, 0.05) is 32.0 Å². The minimum Gasteiger partial charge on any atom is -0.474 e. The summed E-state index contributed by atoms with van der Waals surface area (Å²) in [7, 11) is 0. The third kappa shape index (κ3) is 3.75. The van der Waals surface area contributed by atoms with Crippen molar-refractivity contribution in [3.63, 3.8) is 0 Å². The van der Waals surface area contributed by atoms with Gasteiger partial charge in [0.05, 0.1) is 0 Å². The number of hydrogen-bond acceptors (Lipinski definition) is 5. The van der Waals surface area contributed by atoms with Crippen molar-refractivity contribution in [3.05, 3.63) is 17.5 Å². The molecule has 0 N–H and O–H groups in total. The van der Waals surface area contributed by atoms with E-state index in [1.165, 1.54) is 6.33 Å². The first-order valence-corrected chi connectivity index (χ1v) is 7.54. The highest BCUT2D eigenvalue weighted by Gasteiger charge is 2.43. The van der Waals surface area contributed by atoms with E-state index in [9.17, 15) is 4.79 Å². The van der Waals surface area contributed by atoms with E-state index in [0.717, 1.165) is 25.7 Å². The fraction of sp³-hybridized carbons (Fsp3) is 0.643. The van der Waals surface area contributed by atoms with Gasteiger partial charge in [-0.15, -0.1) is 0 Å². The van der Waals surface area contributed by atoms with E-state index in [1.54, 1.807) is 11.0 Å². The van der Waals surface area contributed by atoms with E-state index in [-0.39, 0.29) is 17.8 Å². The Hall–Kier alpha value is -1.56. The van der Waals surface area contributed by atoms with Crippen LogP contribution >= 0.6 is 11.6 Å². The first-order chi connectivity index (χ1) is 10.0. The fourth-order valence-electron chi connectivity index (χ4n) is 2.26. The van der Waals surface area contributed by atoms with Crippen molar-refractivity contribution < 1.29 is 14.3 Å². The van der Waals surface area contributed by atoms with E-state index in [2.05, 4.69) is 9.97 Å². The van der Waals surface area contributed by atoms with Gasteiger partial charge in [0.15, 0.2) is 0 Å². The highest BCUT2D eigenvalue weighted by molar-refractivity contribution is 6.29. The molecule has 1 saturated heterocycles. The van der Waals surface area contributed by atoms with Crippen molar-refractivity contribution in [1.29, 1.82) is 0 Å². The van der Waals surface area contributed by atoms with Crippen LogP contribution in [0.4, 0.5) is 4.79 Å². The van der Waals surface area contributed by atoms with Gasteiger partial charge in [0.25, 0.3) is 0 Å². The molecule has 3 rings (SSSR count). The predicted molar refractivity (Wildman–Crippen MR) is 76.4 cm³/mol. The van der Waals surface area contributed by atoms with Crippen LogP contribution in [0.5, 0.6) is 5.88 Å². The number of hydrogen-bond donors (Lipinski definition) is 0. The summed E-state index contributed by atoms with van der Waals surface area (Å²) in [5, 5.41) is 0.360. The summed E-state index contributed by atoms with van der Waals surface area (Å²) in [5.74, 6) is 0.474. The molecule has 2 fully saturated rings. The first-order valence-electron chi connectivity index (χ1n) is 7.16. The zero-order valence-electron chi connectivity index (χ0n) is 11.9. The average Bonchev–Trinajstić information content (AvgIpc) is 3.17. The minimum absolute atomic E-state index is 0.0385. The number of nitrogens with zero attached hydrogens (tertiary/aromatic N) is 3. The molecule has 0 radical (unpaired) electrons. The molecule has 114 valence electrons. The maximum atomic E-state index is 12.0. The van der Waals surface area contributed by atoms with Crippen molar-refractivity contribution in [3.8, 4) is 5.88 Å². The molecule has 1 aliphatic carbocycles. The summed E-state index contributed by atoms with van der Waals surface area (Å²) in [4.78, 5) is 21.6. The number of halogens is 1. The summed E-state index contributed by atoms with van der Waals surface area (Å²) in [5.41, 5.74) is -0.220. The van der Waals surface area contributed by atoms with Gasteiger partial charge >= 0.3 is 6.09 Å². The van der Waals surface area contributed by atoms with Crippen LogP contribution in [-0.4, -0.2) is 45.8 Å². The molecule has 1 aromatic heterocycles. The lowest BCUT2D eigenvalue weighted by atomic mass is 10.1. The topological polar surface area (TPSA) is 64.5 Å². The molecule has 0 atom stereocenters. The Morgan fingerprint density at radius 1 is 1.38 bits per heavy atom. The quantitative estimate of drug-likeness (QED) is 0.803. The van der Waals surface area contributed by atoms with Gasteiger partial charge in [0.2, 0.25) is 5.88 Å². The molecule has 2 aliphatic rings. The third-order valence-electron chi connectivity index (χ3n) is 3.88. The molecule has 0 unspecified atom stereocenters. The van der Waals surface area contributed by atoms with Crippen LogP contribution in [0, 0.1) is 0 Å². The Balaban J connectivity index is 1.47. The summed E-state index contributed by atoms with van der Waals surface area (Å²) < 4.78 is 11.2. The number of likely N-dealkylation sites (tertiary alicyclic amines) is 1. The molecule has 0 spiro atoms. The molecule has 1 aromatic rings. The number of aromatic nitrogens is 2. The lowest BCUT2D eigenvalue weighted by molar-refractivity contribution is 0.0380. The highest BCUT2D eigenvalue weighted by Crippen LogP contribution is 2.39. The van der Waals surface area contributed by atoms with E-state index in [1.807, 2.05) is 6.92 Å². The molecule has 2 heterocycles. The Kier molecular flexibility index (Phi) is 3.89. The summed E-state index contributed by atoms with van der Waals surface area (Å²) in [6.45, 7) is 3.25. The van der Waals surface area contributed by atoms with Gasteiger partial charge in [-0.2, -0.15) is 0 Å². The molecule has 1 saturated carbocycles. The van der Waals surface area contributed by atoms with Crippen molar-refractivity contribution in [2.45, 2.75) is 44.3 Å². The van der Waals surface area contributed by atoms with Crippen LogP contribution in [0.2, 0.25) is 5.15 Å². The molecule has 7 heteroatoms. The van der Waals surface area contributed by atoms with E-state index >= 15 is 0 Å². The predicted octanol–water partition coefficient (Wildman–Crippen LogP) is 2.66. The second kappa shape index (κ2) is 5.67. The normalized spacial score (nSPS) is 21.0. The number of amides is 1. The SMILES string of the molecule is CC1(OC(=O)N2CCC(Oc3cc(Cl)ncn3)CC2)CC1. The Labute approximate surface area is 128 Å². The largest absolute Gasteiger partial charge is 0.474 e. The van der Waals surface area contributed by atoms with Crippen LogP contribution < -0.4 is 4.74 Å². The first kappa shape index (κ1) is 14.4. The molecule has 1 aliphatic heterocycles. The molecule has 21 heavy (non-hydrogen) atoms. The number of ether oxygens (including phenoxy) is 2. The summed E-state index contributed by atoms with van der Waals surface area (Å²) >= 11 is 5.79. The monoisotopic (exact) mass is 311 g/mol. The molecular formula is C14H18ClN3O3. The lowest BCUT2D eigenvalue weighted by Crippen LogP contribution is -2.43. The van der Waals surface area contributed by atoms with Crippen LogP contribution in [-0.2, 0) is 4.74 Å². The Bertz CT molecular complexity index is 528. The standard InChI is InChI=1S/C14H18ClN3O3/c1-14(4-5-14)21-13(19)18-6-2-10(3-7-18)20-12-8-11(15)16-9-17-12/h8-10H,2-7H2,1H3. The molecule has 0 bridgehead atoms. The van der Waals surface area contributed by atoms with Crippen LogP contribution in [0.15, 0.2) is 12.4 Å². The van der Waals surface area contributed by atoms with Crippen molar-refractivity contribution in [1.82, 2.24) is 14.9 Å². The molecule has 1 amide bonds. The maximum Gasteiger partial charge on any atom is 0.410 e. The van der Waals surface area contributed by atoms with E-state index < -0.39 is 0 Å². The fourth-order valence-corrected chi connectivity index (χ4v) is 2.40. The van der Waals surface area contributed by atoms with E-state index in [0.29, 0.717) is 24.1 Å². The van der Waals surface area contributed by atoms with Gasteiger partial charge in [-0.05, 0) is 19.8 Å². The van der Waals surface area contributed by atoms with Crippen molar-refractivity contribution in [2.24, 2.45) is 0 Å². The maximum absolute atomic E-state index is 12.0. The van der Waals surface area contributed by atoms with Gasteiger partial charge < -0.3 is 14.4 Å². The second-order valence-electron chi connectivity index (χ2n) is 5.80. The Morgan fingerprint density at radius 3 is 2.71 bits per heavy atom. The molecular weight excluding hydrogens is 294 g/mol. The van der Waals surface area contributed by atoms with Crippen molar-refractivity contribution in [2.75, 3.05) is 13.1 Å². The van der Waals surface area contributed by atoms with Crippen molar-refractivity contribution >= 4 is 17.7 Å². The lowest BCUT2D eigenvalue weighted by Gasteiger charge is -2.32. The number of carbonyl (C=O) groups is 1. The smallest absolute Gasteiger partial charge is 0.410 e. The Morgan fingerprint density at radius 2 is 2.10 bits per heavy atom. The van der Waals surface area contributed by atoms with Crippen LogP contribution in [0.25, 0.3) is 0 Å². The summed E-state index contributed by atoms with van der Waals surface area (Å²) in [6.07, 6.45) is 4.65. The number of carbonyl (C=O) groups excluding carboxylic acids is 1. The number of rotatable bonds is 3. The average molecular weight is 312 g/mol. The van der Waals surface area contributed by atoms with Gasteiger partial charge in [-0.3, -0.25) is 0 Å². The van der Waals surface area contributed by atoms with Gasteiger partial charge in [-0.1, -0.05) is 11.6 Å².